The highest BCUT2D eigenvalue weighted by Crippen LogP contribution is 2.39. The third-order valence-electron chi connectivity index (χ3n) is 4.64. The molecule has 1 aliphatic carbocycles. The molecule has 0 amide bonds. The first-order chi connectivity index (χ1) is 10.1. The summed E-state index contributed by atoms with van der Waals surface area (Å²) in [6, 6.07) is 9.72. The quantitative estimate of drug-likeness (QED) is 0.868. The predicted molar refractivity (Wildman–Crippen MR) is 86.8 cm³/mol. The highest BCUT2D eigenvalue weighted by atomic mass is 16.5. The molecule has 1 heterocycles. The highest BCUT2D eigenvalue weighted by molar-refractivity contribution is 5.38. The van der Waals surface area contributed by atoms with Gasteiger partial charge in [0.05, 0.1) is 0 Å². The maximum absolute atomic E-state index is 6.10. The van der Waals surface area contributed by atoms with Gasteiger partial charge in [-0.25, -0.2) is 0 Å². The predicted octanol–water partition coefficient (Wildman–Crippen LogP) is 3.36. The van der Waals surface area contributed by atoms with Gasteiger partial charge in [-0.05, 0) is 39.3 Å². The van der Waals surface area contributed by atoms with Crippen LogP contribution in [0.3, 0.4) is 0 Å². The minimum Gasteiger partial charge on any atom is -0.487 e. The van der Waals surface area contributed by atoms with E-state index >= 15 is 0 Å². The van der Waals surface area contributed by atoms with Crippen LogP contribution in [0.2, 0.25) is 0 Å². The number of para-hydroxylation sites is 1. The molecule has 1 atom stereocenters. The molecule has 1 saturated carbocycles. The molecule has 1 N–H and O–H groups in total. The Morgan fingerprint density at radius 2 is 2.05 bits per heavy atom. The van der Waals surface area contributed by atoms with Crippen LogP contribution in [0.15, 0.2) is 24.3 Å². The summed E-state index contributed by atoms with van der Waals surface area (Å²) in [7, 11) is 0. The van der Waals surface area contributed by atoms with Gasteiger partial charge < -0.3 is 10.1 Å². The number of likely N-dealkylation sites (N-methyl/N-ethyl adjacent to an activating group) is 1. The molecule has 116 valence electrons. The summed E-state index contributed by atoms with van der Waals surface area (Å²) in [6.45, 7) is 10.0. The van der Waals surface area contributed by atoms with E-state index in [4.69, 9.17) is 4.74 Å². The molecule has 2 aliphatic rings. The standard InChI is InChI=1S/C18H28N2O/c1-4-20(14-9-10-14)12-11-19-16-13-18(2,3)21-17-8-6-5-7-15(16)17/h5-8,14,16,19H,4,9-13H2,1-3H3. The van der Waals surface area contributed by atoms with Crippen LogP contribution in [0.4, 0.5) is 0 Å². The first-order valence-electron chi connectivity index (χ1n) is 8.34. The SMILES string of the molecule is CCN(CCNC1CC(C)(C)Oc2ccccc21)C1CC1. The Morgan fingerprint density at radius 1 is 1.29 bits per heavy atom. The van der Waals surface area contributed by atoms with E-state index in [1.54, 1.807) is 0 Å². The average Bonchev–Trinajstić information content (AvgIpc) is 3.27. The lowest BCUT2D eigenvalue weighted by molar-refractivity contribution is 0.0654. The zero-order valence-electron chi connectivity index (χ0n) is 13.6. The molecule has 3 heteroatoms. The molecule has 1 aromatic carbocycles. The van der Waals surface area contributed by atoms with E-state index in [2.05, 4.69) is 55.3 Å². The van der Waals surface area contributed by atoms with Gasteiger partial charge in [0, 0.05) is 37.2 Å². The van der Waals surface area contributed by atoms with Crippen molar-refractivity contribution in [1.29, 1.82) is 0 Å². The number of hydrogen-bond acceptors (Lipinski definition) is 3. The van der Waals surface area contributed by atoms with Crippen molar-refractivity contribution in [3.8, 4) is 5.75 Å². The van der Waals surface area contributed by atoms with Crippen LogP contribution in [0.1, 0.15) is 51.6 Å². The van der Waals surface area contributed by atoms with Crippen LogP contribution in [0, 0.1) is 0 Å². The van der Waals surface area contributed by atoms with Gasteiger partial charge >= 0.3 is 0 Å². The number of rotatable bonds is 6. The van der Waals surface area contributed by atoms with Gasteiger partial charge in [0.25, 0.3) is 0 Å². The monoisotopic (exact) mass is 288 g/mol. The minimum absolute atomic E-state index is 0.0903. The van der Waals surface area contributed by atoms with Gasteiger partial charge in [0.1, 0.15) is 11.4 Å². The largest absolute Gasteiger partial charge is 0.487 e. The molecule has 0 saturated heterocycles. The Morgan fingerprint density at radius 3 is 2.76 bits per heavy atom. The van der Waals surface area contributed by atoms with Crippen molar-refractivity contribution in [2.75, 3.05) is 19.6 Å². The molecule has 0 aromatic heterocycles. The summed E-state index contributed by atoms with van der Waals surface area (Å²) in [5.41, 5.74) is 1.22. The minimum atomic E-state index is -0.0903. The lowest BCUT2D eigenvalue weighted by Crippen LogP contribution is -2.41. The third kappa shape index (κ3) is 3.58. The number of benzene rings is 1. The number of hydrogen-bond donors (Lipinski definition) is 1. The maximum Gasteiger partial charge on any atom is 0.124 e. The van der Waals surface area contributed by atoms with E-state index in [-0.39, 0.29) is 5.60 Å². The van der Waals surface area contributed by atoms with Crippen LogP contribution in [0.5, 0.6) is 5.75 Å². The number of nitrogens with zero attached hydrogens (tertiary/aromatic N) is 1. The van der Waals surface area contributed by atoms with E-state index < -0.39 is 0 Å². The number of ether oxygens (including phenoxy) is 1. The van der Waals surface area contributed by atoms with Gasteiger partial charge in [-0.1, -0.05) is 25.1 Å². The van der Waals surface area contributed by atoms with E-state index in [9.17, 15) is 0 Å². The van der Waals surface area contributed by atoms with Crippen molar-refractivity contribution in [2.45, 2.75) is 57.7 Å². The topological polar surface area (TPSA) is 24.5 Å². The van der Waals surface area contributed by atoms with Crippen LogP contribution < -0.4 is 10.1 Å². The number of nitrogens with one attached hydrogen (secondary N) is 1. The van der Waals surface area contributed by atoms with E-state index in [1.807, 2.05) is 0 Å². The summed E-state index contributed by atoms with van der Waals surface area (Å²) in [6.07, 6.45) is 3.81. The molecule has 3 nitrogen and oxygen atoms in total. The van der Waals surface area contributed by atoms with Crippen LogP contribution in [-0.4, -0.2) is 36.2 Å². The van der Waals surface area contributed by atoms with Crippen molar-refractivity contribution in [2.24, 2.45) is 0 Å². The first-order valence-corrected chi connectivity index (χ1v) is 8.34. The molecule has 1 aromatic rings. The van der Waals surface area contributed by atoms with Crippen LogP contribution >= 0.6 is 0 Å². The fourth-order valence-corrected chi connectivity index (χ4v) is 3.41. The van der Waals surface area contributed by atoms with Crippen molar-refractivity contribution in [3.63, 3.8) is 0 Å². The van der Waals surface area contributed by atoms with Gasteiger partial charge in [-0.15, -0.1) is 0 Å². The molecule has 1 fully saturated rings. The van der Waals surface area contributed by atoms with Gasteiger partial charge in [0.2, 0.25) is 0 Å². The molecule has 0 spiro atoms. The van der Waals surface area contributed by atoms with E-state index in [1.165, 1.54) is 24.9 Å². The lowest BCUT2D eigenvalue weighted by atomic mass is 9.90. The summed E-state index contributed by atoms with van der Waals surface area (Å²) >= 11 is 0. The van der Waals surface area contributed by atoms with Crippen molar-refractivity contribution < 1.29 is 4.74 Å². The Hall–Kier alpha value is -1.06. The molecule has 0 bridgehead atoms. The molecule has 0 radical (unpaired) electrons. The first kappa shape index (κ1) is 14.9. The van der Waals surface area contributed by atoms with Crippen molar-refractivity contribution in [3.05, 3.63) is 29.8 Å². The summed E-state index contributed by atoms with van der Waals surface area (Å²) < 4.78 is 6.10. The second kappa shape index (κ2) is 5.98. The average molecular weight is 288 g/mol. The molecule has 1 aliphatic heterocycles. The Bertz CT molecular complexity index is 482. The van der Waals surface area contributed by atoms with Crippen LogP contribution in [0.25, 0.3) is 0 Å². The Balaban J connectivity index is 1.61. The fraction of sp³-hybridized carbons (Fsp3) is 0.667. The third-order valence-corrected chi connectivity index (χ3v) is 4.64. The summed E-state index contributed by atoms with van der Waals surface area (Å²) in [4.78, 5) is 2.60. The number of fused-ring (bicyclic) bond motifs is 1. The van der Waals surface area contributed by atoms with Crippen molar-refractivity contribution in [1.82, 2.24) is 10.2 Å². The molecule has 1 unspecified atom stereocenters. The van der Waals surface area contributed by atoms with Crippen molar-refractivity contribution >= 4 is 0 Å². The van der Waals surface area contributed by atoms with E-state index in [0.29, 0.717) is 6.04 Å². The summed E-state index contributed by atoms with van der Waals surface area (Å²) in [5, 5.41) is 3.76. The zero-order valence-corrected chi connectivity index (χ0v) is 13.6. The molecule has 21 heavy (non-hydrogen) atoms. The van der Waals surface area contributed by atoms with Gasteiger partial charge in [0.15, 0.2) is 0 Å². The summed E-state index contributed by atoms with van der Waals surface area (Å²) in [5.74, 6) is 1.04. The second-order valence-electron chi connectivity index (χ2n) is 6.97. The van der Waals surface area contributed by atoms with Gasteiger partial charge in [-0.2, -0.15) is 0 Å². The smallest absolute Gasteiger partial charge is 0.124 e. The Kier molecular flexibility index (Phi) is 4.23. The normalized spacial score (nSPS) is 23.7. The fourth-order valence-electron chi connectivity index (χ4n) is 3.41. The molecular weight excluding hydrogens is 260 g/mol. The molecule has 3 rings (SSSR count). The Labute approximate surface area is 128 Å². The van der Waals surface area contributed by atoms with Crippen LogP contribution in [-0.2, 0) is 0 Å². The molecular formula is C18H28N2O. The van der Waals surface area contributed by atoms with E-state index in [0.717, 1.165) is 31.3 Å². The lowest BCUT2D eigenvalue weighted by Gasteiger charge is -2.38. The second-order valence-corrected chi connectivity index (χ2v) is 6.97. The highest BCUT2D eigenvalue weighted by Gasteiger charge is 2.33. The van der Waals surface area contributed by atoms with Gasteiger partial charge in [-0.3, -0.25) is 4.90 Å². The maximum atomic E-state index is 6.10. The zero-order chi connectivity index (χ0) is 14.9.